The molecule has 0 radical (unpaired) electrons. The fourth-order valence-corrected chi connectivity index (χ4v) is 6.58. The van der Waals surface area contributed by atoms with Crippen LogP contribution in [0, 0.1) is 18.8 Å². The predicted molar refractivity (Wildman–Crippen MR) is 156 cm³/mol. The molecule has 1 aliphatic heterocycles. The molecule has 1 saturated heterocycles. The maximum atomic E-state index is 13.8. The van der Waals surface area contributed by atoms with E-state index in [1.807, 2.05) is 52.0 Å². The van der Waals surface area contributed by atoms with E-state index in [9.17, 15) is 18.4 Å². The standard InChI is InChI=1S/C33H40F2N2O5/c1-20-15-28(40-5)26(25-12-14-37(29(20)25)31(39)42-32(2,3)4)19-36-13-11-23(24-17-33(34,35)18-24)16-27(36)21-7-9-22(10-8-21)30(38)41-6/h7-10,12,14-15,23-24,27H,11,13,16-19H2,1-6H3/t23-,27+/m1/s1. The van der Waals surface area contributed by atoms with Crippen LogP contribution in [0.5, 0.6) is 5.75 Å². The average Bonchev–Trinajstić information content (AvgIpc) is 3.38. The maximum absolute atomic E-state index is 13.8. The smallest absolute Gasteiger partial charge is 0.419 e. The summed E-state index contributed by atoms with van der Waals surface area (Å²) >= 11 is 0. The molecule has 0 amide bonds. The number of carbonyl (C=O) groups is 2. The molecule has 1 saturated carbocycles. The van der Waals surface area contributed by atoms with E-state index in [-0.39, 0.29) is 30.7 Å². The van der Waals surface area contributed by atoms with E-state index in [0.717, 1.165) is 52.7 Å². The summed E-state index contributed by atoms with van der Waals surface area (Å²) < 4.78 is 45.5. The van der Waals surface area contributed by atoms with Crippen LogP contribution in [0.25, 0.3) is 10.9 Å². The summed E-state index contributed by atoms with van der Waals surface area (Å²) in [6, 6.07) is 11.2. The van der Waals surface area contributed by atoms with Crippen LogP contribution in [0.15, 0.2) is 42.6 Å². The Morgan fingerprint density at radius 1 is 1.05 bits per heavy atom. The van der Waals surface area contributed by atoms with Gasteiger partial charge < -0.3 is 14.2 Å². The number of alkyl halides is 2. The Kier molecular flexibility index (Phi) is 8.09. The zero-order valence-corrected chi connectivity index (χ0v) is 25.2. The number of carbonyl (C=O) groups excluding carboxylic acids is 2. The molecule has 2 atom stereocenters. The van der Waals surface area contributed by atoms with Gasteiger partial charge in [0.25, 0.3) is 0 Å². The molecule has 1 aromatic heterocycles. The molecule has 1 aliphatic carbocycles. The number of nitrogens with zero attached hydrogens (tertiary/aromatic N) is 2. The van der Waals surface area contributed by atoms with Crippen LogP contribution in [0.4, 0.5) is 13.6 Å². The van der Waals surface area contributed by atoms with Gasteiger partial charge >= 0.3 is 12.1 Å². The Bertz CT molecular complexity index is 1470. The molecule has 2 aromatic carbocycles. The van der Waals surface area contributed by atoms with Crippen LogP contribution in [0.2, 0.25) is 0 Å². The number of ether oxygens (including phenoxy) is 3. The average molecular weight is 583 g/mol. The van der Waals surface area contributed by atoms with Crippen LogP contribution in [-0.2, 0) is 16.0 Å². The zero-order chi connectivity index (χ0) is 30.4. The molecule has 5 rings (SSSR count). The van der Waals surface area contributed by atoms with Gasteiger partial charge in [0.05, 0.1) is 25.3 Å². The van der Waals surface area contributed by atoms with Crippen molar-refractivity contribution in [1.82, 2.24) is 9.47 Å². The second-order valence-corrected chi connectivity index (χ2v) is 12.7. The van der Waals surface area contributed by atoms with Crippen molar-refractivity contribution in [3.05, 3.63) is 64.8 Å². The van der Waals surface area contributed by atoms with Gasteiger partial charge in [0.15, 0.2) is 0 Å². The predicted octanol–water partition coefficient (Wildman–Crippen LogP) is 7.53. The number of methoxy groups -OCH3 is 2. The highest BCUT2D eigenvalue weighted by molar-refractivity contribution is 5.95. The SMILES string of the molecule is COC(=O)c1ccc([C@@H]2C[C@H](C3CC(F)(F)C3)CCN2Cc2c(OC)cc(C)c3c2ccn3C(=O)OC(C)(C)C)cc1. The van der Waals surface area contributed by atoms with Gasteiger partial charge in [0.1, 0.15) is 11.4 Å². The highest BCUT2D eigenvalue weighted by Gasteiger charge is 2.49. The van der Waals surface area contributed by atoms with Crippen LogP contribution in [0.1, 0.15) is 79.5 Å². The van der Waals surface area contributed by atoms with Crippen molar-refractivity contribution >= 4 is 23.0 Å². The number of likely N-dealkylation sites (tertiary alicyclic amines) is 1. The number of benzene rings is 2. The Balaban J connectivity index is 1.50. The molecule has 7 nitrogen and oxygen atoms in total. The fraction of sp³-hybridized carbons (Fsp3) is 0.515. The van der Waals surface area contributed by atoms with Gasteiger partial charge in [-0.3, -0.25) is 9.47 Å². The molecule has 2 aliphatic rings. The minimum Gasteiger partial charge on any atom is -0.496 e. The molecule has 42 heavy (non-hydrogen) atoms. The third-order valence-electron chi connectivity index (χ3n) is 8.66. The number of hydrogen-bond donors (Lipinski definition) is 0. The number of fused-ring (bicyclic) bond motifs is 1. The highest BCUT2D eigenvalue weighted by atomic mass is 19.3. The zero-order valence-electron chi connectivity index (χ0n) is 25.2. The first-order valence-electron chi connectivity index (χ1n) is 14.5. The number of piperidine rings is 1. The summed E-state index contributed by atoms with van der Waals surface area (Å²) in [6.45, 7) is 8.72. The molecular formula is C33H40F2N2O5. The Morgan fingerprint density at radius 2 is 1.74 bits per heavy atom. The van der Waals surface area contributed by atoms with Crippen LogP contribution in [-0.4, -0.2) is 53.8 Å². The number of esters is 1. The quantitative estimate of drug-likeness (QED) is 0.280. The maximum Gasteiger partial charge on any atom is 0.419 e. The summed E-state index contributed by atoms with van der Waals surface area (Å²) in [7, 11) is 2.99. The number of aryl methyl sites for hydroxylation is 1. The topological polar surface area (TPSA) is 70.0 Å². The van der Waals surface area contributed by atoms with Crippen molar-refractivity contribution in [3.8, 4) is 5.75 Å². The first-order valence-corrected chi connectivity index (χ1v) is 14.5. The monoisotopic (exact) mass is 582 g/mol. The van der Waals surface area contributed by atoms with Gasteiger partial charge in [0, 0.05) is 42.6 Å². The van der Waals surface area contributed by atoms with E-state index >= 15 is 0 Å². The van der Waals surface area contributed by atoms with Crippen molar-refractivity contribution in [3.63, 3.8) is 0 Å². The highest BCUT2D eigenvalue weighted by Crippen LogP contribution is 2.51. The number of halogens is 2. The first-order chi connectivity index (χ1) is 19.8. The van der Waals surface area contributed by atoms with Crippen LogP contribution < -0.4 is 4.74 Å². The largest absolute Gasteiger partial charge is 0.496 e. The lowest BCUT2D eigenvalue weighted by Crippen LogP contribution is -2.45. The Morgan fingerprint density at radius 3 is 2.33 bits per heavy atom. The van der Waals surface area contributed by atoms with E-state index in [4.69, 9.17) is 14.2 Å². The van der Waals surface area contributed by atoms with Gasteiger partial charge in [0.2, 0.25) is 5.92 Å². The van der Waals surface area contributed by atoms with Gasteiger partial charge in [-0.25, -0.2) is 18.4 Å². The lowest BCUT2D eigenvalue weighted by molar-refractivity contribution is -0.134. The molecule has 9 heteroatoms. The summed E-state index contributed by atoms with van der Waals surface area (Å²) in [5.74, 6) is -2.02. The number of rotatable bonds is 6. The molecule has 0 N–H and O–H groups in total. The van der Waals surface area contributed by atoms with E-state index in [1.165, 1.54) is 7.11 Å². The van der Waals surface area contributed by atoms with Gasteiger partial charge in [-0.05, 0) is 94.3 Å². The van der Waals surface area contributed by atoms with Gasteiger partial charge in [-0.1, -0.05) is 12.1 Å². The molecular weight excluding hydrogens is 542 g/mol. The number of aromatic nitrogens is 1. The summed E-state index contributed by atoms with van der Waals surface area (Å²) in [6.07, 6.45) is 2.77. The van der Waals surface area contributed by atoms with Crippen LogP contribution in [0.3, 0.4) is 0 Å². The first kappa shape index (κ1) is 30.0. The van der Waals surface area contributed by atoms with E-state index in [1.54, 1.807) is 30.0 Å². The second-order valence-electron chi connectivity index (χ2n) is 12.7. The van der Waals surface area contributed by atoms with Crippen LogP contribution >= 0.6 is 0 Å². The molecule has 3 aromatic rings. The van der Waals surface area contributed by atoms with Crippen molar-refractivity contribution in [2.24, 2.45) is 11.8 Å². The van der Waals surface area contributed by atoms with Crippen molar-refractivity contribution in [2.75, 3.05) is 20.8 Å². The lowest BCUT2D eigenvalue weighted by Gasteiger charge is -2.47. The molecule has 0 spiro atoms. The van der Waals surface area contributed by atoms with E-state index in [0.29, 0.717) is 12.1 Å². The summed E-state index contributed by atoms with van der Waals surface area (Å²) in [5, 5.41) is 0.901. The molecule has 2 fully saturated rings. The Labute approximate surface area is 245 Å². The van der Waals surface area contributed by atoms with Gasteiger partial charge in [-0.15, -0.1) is 0 Å². The molecule has 2 heterocycles. The minimum atomic E-state index is -2.55. The molecule has 226 valence electrons. The third-order valence-corrected chi connectivity index (χ3v) is 8.66. The van der Waals surface area contributed by atoms with Crippen molar-refractivity contribution in [2.45, 2.75) is 77.5 Å². The third kappa shape index (κ3) is 6.02. The summed E-state index contributed by atoms with van der Waals surface area (Å²) in [4.78, 5) is 27.5. The molecule has 0 unspecified atom stereocenters. The Hall–Kier alpha value is -3.46. The van der Waals surface area contributed by atoms with E-state index in [2.05, 4.69) is 4.90 Å². The fourth-order valence-electron chi connectivity index (χ4n) is 6.58. The van der Waals surface area contributed by atoms with E-state index < -0.39 is 23.6 Å². The summed E-state index contributed by atoms with van der Waals surface area (Å²) in [5.41, 5.74) is 3.45. The lowest BCUT2D eigenvalue weighted by atomic mass is 9.68. The van der Waals surface area contributed by atoms with Crippen molar-refractivity contribution in [1.29, 1.82) is 0 Å². The minimum absolute atomic E-state index is 0.0162. The van der Waals surface area contributed by atoms with Gasteiger partial charge in [-0.2, -0.15) is 0 Å². The molecule has 0 bridgehead atoms. The second kappa shape index (κ2) is 11.3. The number of hydrogen-bond acceptors (Lipinski definition) is 6. The normalized spacial score (nSPS) is 21.1. The van der Waals surface area contributed by atoms with Crippen molar-refractivity contribution < 1.29 is 32.6 Å².